The molecule has 0 aliphatic heterocycles. The average Bonchev–Trinajstić information content (AvgIpc) is 2.63. The second kappa shape index (κ2) is 7.95. The van der Waals surface area contributed by atoms with Crippen LogP contribution in [0.1, 0.15) is 11.3 Å². The lowest BCUT2D eigenvalue weighted by Crippen LogP contribution is -2.09. The standard InChI is InChI=1S/C11H15BrO3S/c1-14-6-7-15-5-4-9(13)8-10-2-3-11(12)16-10/h2-3H,4-8H2,1H3. The van der Waals surface area contributed by atoms with E-state index in [1.807, 2.05) is 12.1 Å². The molecule has 16 heavy (non-hydrogen) atoms. The summed E-state index contributed by atoms with van der Waals surface area (Å²) in [5.41, 5.74) is 0. The summed E-state index contributed by atoms with van der Waals surface area (Å²) < 4.78 is 11.1. The Morgan fingerprint density at radius 3 is 2.81 bits per heavy atom. The number of halogens is 1. The first kappa shape index (κ1) is 13.8. The number of thiophene rings is 1. The van der Waals surface area contributed by atoms with Crippen LogP contribution in [0.15, 0.2) is 15.9 Å². The maximum absolute atomic E-state index is 11.5. The second-order valence-electron chi connectivity index (χ2n) is 3.28. The van der Waals surface area contributed by atoms with Crippen LogP contribution >= 0.6 is 27.3 Å². The molecular formula is C11H15BrO3S. The van der Waals surface area contributed by atoms with Gasteiger partial charge in [0.05, 0.1) is 23.6 Å². The van der Waals surface area contributed by atoms with E-state index in [2.05, 4.69) is 15.9 Å². The largest absolute Gasteiger partial charge is 0.382 e. The quantitative estimate of drug-likeness (QED) is 0.693. The minimum atomic E-state index is 0.215. The molecule has 0 unspecified atom stereocenters. The molecule has 90 valence electrons. The zero-order valence-corrected chi connectivity index (χ0v) is 11.6. The zero-order chi connectivity index (χ0) is 11.8. The molecule has 0 fully saturated rings. The van der Waals surface area contributed by atoms with Gasteiger partial charge in [0.2, 0.25) is 0 Å². The molecule has 1 aromatic rings. The highest BCUT2D eigenvalue weighted by Gasteiger charge is 2.05. The van der Waals surface area contributed by atoms with E-state index in [9.17, 15) is 4.79 Å². The number of methoxy groups -OCH3 is 1. The van der Waals surface area contributed by atoms with E-state index < -0.39 is 0 Å². The third kappa shape index (κ3) is 5.75. The molecular weight excluding hydrogens is 292 g/mol. The molecule has 0 atom stereocenters. The predicted molar refractivity (Wildman–Crippen MR) is 68.0 cm³/mol. The van der Waals surface area contributed by atoms with Gasteiger partial charge in [-0.2, -0.15) is 0 Å². The van der Waals surface area contributed by atoms with Crippen molar-refractivity contribution in [3.05, 3.63) is 20.8 Å². The Balaban J connectivity index is 2.11. The highest BCUT2D eigenvalue weighted by Crippen LogP contribution is 2.22. The summed E-state index contributed by atoms with van der Waals surface area (Å²) >= 11 is 4.97. The molecule has 1 aromatic heterocycles. The monoisotopic (exact) mass is 306 g/mol. The van der Waals surface area contributed by atoms with Gasteiger partial charge < -0.3 is 9.47 Å². The van der Waals surface area contributed by atoms with Crippen LogP contribution in [0.25, 0.3) is 0 Å². The summed E-state index contributed by atoms with van der Waals surface area (Å²) in [6, 6.07) is 3.93. The second-order valence-corrected chi connectivity index (χ2v) is 5.82. The van der Waals surface area contributed by atoms with Crippen LogP contribution in [-0.2, 0) is 20.7 Å². The molecule has 1 rings (SSSR count). The average molecular weight is 307 g/mol. The smallest absolute Gasteiger partial charge is 0.140 e. The van der Waals surface area contributed by atoms with Gasteiger partial charge >= 0.3 is 0 Å². The van der Waals surface area contributed by atoms with Crippen LogP contribution in [0.3, 0.4) is 0 Å². The zero-order valence-electron chi connectivity index (χ0n) is 9.20. The molecule has 0 spiro atoms. The van der Waals surface area contributed by atoms with Crippen LogP contribution < -0.4 is 0 Å². The van der Waals surface area contributed by atoms with Gasteiger partial charge in [-0.3, -0.25) is 4.79 Å². The Bertz CT molecular complexity index is 325. The molecule has 0 aromatic carbocycles. The van der Waals surface area contributed by atoms with Crippen molar-refractivity contribution in [2.75, 3.05) is 26.9 Å². The minimum absolute atomic E-state index is 0.215. The number of rotatable bonds is 8. The summed E-state index contributed by atoms with van der Waals surface area (Å²) in [5.74, 6) is 0.215. The summed E-state index contributed by atoms with van der Waals surface area (Å²) in [6.07, 6.45) is 0.975. The van der Waals surface area contributed by atoms with E-state index in [-0.39, 0.29) is 5.78 Å². The van der Waals surface area contributed by atoms with Gasteiger partial charge in [0, 0.05) is 24.8 Å². The van der Waals surface area contributed by atoms with Gasteiger partial charge in [0.1, 0.15) is 5.78 Å². The van der Waals surface area contributed by atoms with Gasteiger partial charge in [-0.1, -0.05) is 0 Å². The van der Waals surface area contributed by atoms with E-state index in [0.717, 1.165) is 8.66 Å². The topological polar surface area (TPSA) is 35.5 Å². The van der Waals surface area contributed by atoms with Gasteiger partial charge in [0.15, 0.2) is 0 Å². The van der Waals surface area contributed by atoms with E-state index in [4.69, 9.17) is 9.47 Å². The number of hydrogen-bond acceptors (Lipinski definition) is 4. The van der Waals surface area contributed by atoms with Gasteiger partial charge in [-0.15, -0.1) is 11.3 Å². The molecule has 0 aliphatic carbocycles. The van der Waals surface area contributed by atoms with Crippen molar-refractivity contribution in [2.24, 2.45) is 0 Å². The third-order valence-corrected chi connectivity index (χ3v) is 3.58. The van der Waals surface area contributed by atoms with Crippen LogP contribution in [0, 0.1) is 0 Å². The predicted octanol–water partition coefficient (Wildman–Crippen LogP) is 2.68. The van der Waals surface area contributed by atoms with Crippen molar-refractivity contribution < 1.29 is 14.3 Å². The summed E-state index contributed by atoms with van der Waals surface area (Å²) in [5, 5.41) is 0. The molecule has 1 heterocycles. The Morgan fingerprint density at radius 1 is 1.38 bits per heavy atom. The molecule has 0 amide bonds. The van der Waals surface area contributed by atoms with E-state index in [0.29, 0.717) is 32.7 Å². The summed E-state index contributed by atoms with van der Waals surface area (Å²) in [7, 11) is 1.63. The normalized spacial score (nSPS) is 10.6. The molecule has 0 saturated carbocycles. The first-order chi connectivity index (χ1) is 7.72. The van der Waals surface area contributed by atoms with Crippen LogP contribution in [-0.4, -0.2) is 32.7 Å². The van der Waals surface area contributed by atoms with E-state index in [1.54, 1.807) is 18.4 Å². The first-order valence-corrected chi connectivity index (χ1v) is 6.66. The van der Waals surface area contributed by atoms with Crippen molar-refractivity contribution in [3.63, 3.8) is 0 Å². The lowest BCUT2D eigenvalue weighted by Gasteiger charge is -2.02. The number of carbonyl (C=O) groups is 1. The fraction of sp³-hybridized carbons (Fsp3) is 0.545. The highest BCUT2D eigenvalue weighted by atomic mass is 79.9. The molecule has 0 saturated heterocycles. The SMILES string of the molecule is COCCOCCC(=O)Cc1ccc(Br)s1. The number of ketones is 1. The molecule has 3 nitrogen and oxygen atoms in total. The summed E-state index contributed by atoms with van der Waals surface area (Å²) in [6.45, 7) is 1.61. The van der Waals surface area contributed by atoms with Crippen LogP contribution in [0.5, 0.6) is 0 Å². The Kier molecular flexibility index (Phi) is 6.87. The van der Waals surface area contributed by atoms with Crippen LogP contribution in [0.2, 0.25) is 0 Å². The number of ether oxygens (including phenoxy) is 2. The van der Waals surface area contributed by atoms with E-state index in [1.165, 1.54) is 0 Å². The molecule has 0 bridgehead atoms. The van der Waals surface area contributed by atoms with Crippen molar-refractivity contribution >= 4 is 33.0 Å². The Labute approximate surface area is 108 Å². The minimum Gasteiger partial charge on any atom is -0.382 e. The third-order valence-electron chi connectivity index (χ3n) is 1.96. The highest BCUT2D eigenvalue weighted by molar-refractivity contribution is 9.11. The van der Waals surface area contributed by atoms with Crippen LogP contribution in [0.4, 0.5) is 0 Å². The molecule has 0 aliphatic rings. The Hall–Kier alpha value is -0.230. The van der Waals surface area contributed by atoms with Crippen molar-refractivity contribution in [1.82, 2.24) is 0 Å². The van der Waals surface area contributed by atoms with Gasteiger partial charge in [0.25, 0.3) is 0 Å². The number of Topliss-reactive ketones (excluding diaryl/α,β-unsaturated/α-hetero) is 1. The number of carbonyl (C=O) groups excluding carboxylic acids is 1. The first-order valence-electron chi connectivity index (χ1n) is 5.05. The maximum atomic E-state index is 11.5. The van der Waals surface area contributed by atoms with Gasteiger partial charge in [-0.25, -0.2) is 0 Å². The van der Waals surface area contributed by atoms with Crippen molar-refractivity contribution in [3.8, 4) is 0 Å². The van der Waals surface area contributed by atoms with Crippen molar-refractivity contribution in [1.29, 1.82) is 0 Å². The van der Waals surface area contributed by atoms with E-state index >= 15 is 0 Å². The maximum Gasteiger partial charge on any atom is 0.140 e. The lowest BCUT2D eigenvalue weighted by atomic mass is 10.2. The molecule has 5 heteroatoms. The molecule has 0 radical (unpaired) electrons. The fourth-order valence-electron chi connectivity index (χ4n) is 1.16. The molecule has 0 N–H and O–H groups in total. The fourth-order valence-corrected chi connectivity index (χ4v) is 2.67. The van der Waals surface area contributed by atoms with Gasteiger partial charge in [-0.05, 0) is 28.1 Å². The summed E-state index contributed by atoms with van der Waals surface area (Å²) in [4.78, 5) is 12.6. The van der Waals surface area contributed by atoms with Crippen molar-refractivity contribution in [2.45, 2.75) is 12.8 Å². The lowest BCUT2D eigenvalue weighted by molar-refractivity contribution is -0.119. The Morgan fingerprint density at radius 2 is 2.19 bits per heavy atom. The number of hydrogen-bond donors (Lipinski definition) is 0.